The molecule has 6 nitrogen and oxygen atoms in total. The fourth-order valence-electron chi connectivity index (χ4n) is 3.18. The van der Waals surface area contributed by atoms with Crippen LogP contribution in [-0.4, -0.2) is 30.1 Å². The van der Waals surface area contributed by atoms with Gasteiger partial charge in [-0.1, -0.05) is 30.3 Å². The summed E-state index contributed by atoms with van der Waals surface area (Å²) < 4.78 is 10.5. The van der Waals surface area contributed by atoms with Crippen LogP contribution in [0.1, 0.15) is 34.1 Å². The van der Waals surface area contributed by atoms with E-state index in [0.29, 0.717) is 17.8 Å². The first-order valence-electron chi connectivity index (χ1n) is 9.38. The van der Waals surface area contributed by atoms with Gasteiger partial charge in [0.05, 0.1) is 23.9 Å². The summed E-state index contributed by atoms with van der Waals surface area (Å²) in [6, 6.07) is 15.0. The Bertz CT molecular complexity index is 1040. The van der Waals surface area contributed by atoms with Gasteiger partial charge in [0, 0.05) is 11.9 Å². The summed E-state index contributed by atoms with van der Waals surface area (Å²) >= 11 is 0. The number of nitrogens with one attached hydrogen (secondary N) is 1. The van der Waals surface area contributed by atoms with E-state index in [1.807, 2.05) is 55.5 Å². The second-order valence-electron chi connectivity index (χ2n) is 6.83. The molecule has 0 saturated heterocycles. The number of aryl methyl sites for hydroxylation is 2. The lowest BCUT2D eigenvalue weighted by Gasteiger charge is -2.16. The summed E-state index contributed by atoms with van der Waals surface area (Å²) in [6.45, 7) is 5.52. The van der Waals surface area contributed by atoms with Crippen LogP contribution in [0.2, 0.25) is 0 Å². The quantitative estimate of drug-likeness (QED) is 0.647. The summed E-state index contributed by atoms with van der Waals surface area (Å²) in [7, 11) is 1.60. The van der Waals surface area contributed by atoms with Crippen molar-refractivity contribution in [2.45, 2.75) is 33.4 Å². The van der Waals surface area contributed by atoms with Gasteiger partial charge in [0.25, 0.3) is 5.91 Å². The smallest absolute Gasteiger partial charge is 0.341 e. The number of pyridine rings is 1. The molecule has 0 saturated carbocycles. The average molecular weight is 392 g/mol. The molecule has 3 rings (SSSR count). The maximum absolute atomic E-state index is 12.7. The number of esters is 1. The highest BCUT2D eigenvalue weighted by Crippen LogP contribution is 2.23. The molecule has 2 aromatic carbocycles. The predicted molar refractivity (Wildman–Crippen MR) is 111 cm³/mol. The Morgan fingerprint density at radius 1 is 1.07 bits per heavy atom. The number of benzene rings is 2. The minimum Gasteiger partial charge on any atom is -0.497 e. The molecule has 0 fully saturated rings. The van der Waals surface area contributed by atoms with Crippen molar-refractivity contribution in [1.82, 2.24) is 10.3 Å². The zero-order valence-electron chi connectivity index (χ0n) is 17.0. The van der Waals surface area contributed by atoms with Crippen LogP contribution in [-0.2, 0) is 16.1 Å². The highest BCUT2D eigenvalue weighted by molar-refractivity contribution is 5.99. The van der Waals surface area contributed by atoms with Crippen LogP contribution >= 0.6 is 0 Å². The predicted octanol–water partition coefficient (Wildman–Crippen LogP) is 3.72. The third-order valence-electron chi connectivity index (χ3n) is 4.82. The molecule has 0 unspecified atom stereocenters. The van der Waals surface area contributed by atoms with Gasteiger partial charge in [-0.2, -0.15) is 0 Å². The highest BCUT2D eigenvalue weighted by atomic mass is 16.5. The van der Waals surface area contributed by atoms with E-state index >= 15 is 0 Å². The van der Waals surface area contributed by atoms with Crippen LogP contribution in [0.3, 0.4) is 0 Å². The number of para-hydroxylation sites is 1. The number of amides is 1. The first-order valence-corrected chi connectivity index (χ1v) is 9.38. The summed E-state index contributed by atoms with van der Waals surface area (Å²) in [4.78, 5) is 29.6. The van der Waals surface area contributed by atoms with Crippen LogP contribution in [0.25, 0.3) is 10.9 Å². The summed E-state index contributed by atoms with van der Waals surface area (Å²) in [5.41, 5.74) is 3.52. The number of carbonyl (C=O) groups excluding carboxylic acids is 2. The first kappa shape index (κ1) is 20.3. The molecule has 1 aromatic heterocycles. The number of rotatable bonds is 6. The third-order valence-corrected chi connectivity index (χ3v) is 4.82. The molecule has 1 amide bonds. The van der Waals surface area contributed by atoms with Crippen molar-refractivity contribution >= 4 is 22.8 Å². The molecular weight excluding hydrogens is 368 g/mol. The van der Waals surface area contributed by atoms with Crippen molar-refractivity contribution in [3.05, 3.63) is 70.9 Å². The first-order chi connectivity index (χ1) is 13.9. The lowest BCUT2D eigenvalue weighted by Crippen LogP contribution is -2.35. The molecule has 0 aliphatic heterocycles. The second kappa shape index (κ2) is 8.73. The summed E-state index contributed by atoms with van der Waals surface area (Å²) in [6.07, 6.45) is -0.925. The molecule has 29 heavy (non-hydrogen) atoms. The number of aromatic nitrogens is 1. The van der Waals surface area contributed by atoms with E-state index < -0.39 is 12.1 Å². The maximum atomic E-state index is 12.7. The van der Waals surface area contributed by atoms with E-state index in [1.54, 1.807) is 21.0 Å². The number of ether oxygens (including phenoxy) is 2. The van der Waals surface area contributed by atoms with Gasteiger partial charge in [-0.15, -0.1) is 0 Å². The Morgan fingerprint density at radius 2 is 1.76 bits per heavy atom. The Labute approximate surface area is 169 Å². The Morgan fingerprint density at radius 3 is 2.45 bits per heavy atom. The number of carbonyl (C=O) groups is 2. The van der Waals surface area contributed by atoms with Crippen molar-refractivity contribution in [1.29, 1.82) is 0 Å². The van der Waals surface area contributed by atoms with Gasteiger partial charge in [0.15, 0.2) is 6.10 Å². The fourth-order valence-corrected chi connectivity index (χ4v) is 3.18. The lowest BCUT2D eigenvalue weighted by atomic mass is 10.0. The zero-order chi connectivity index (χ0) is 21.0. The van der Waals surface area contributed by atoms with E-state index in [4.69, 9.17) is 9.47 Å². The molecule has 0 aliphatic carbocycles. The van der Waals surface area contributed by atoms with Crippen molar-refractivity contribution in [2.24, 2.45) is 0 Å². The zero-order valence-corrected chi connectivity index (χ0v) is 17.0. The molecule has 0 spiro atoms. The summed E-state index contributed by atoms with van der Waals surface area (Å²) in [5, 5.41) is 3.67. The molecule has 150 valence electrons. The topological polar surface area (TPSA) is 77.5 Å². The monoisotopic (exact) mass is 392 g/mol. The van der Waals surface area contributed by atoms with Crippen molar-refractivity contribution < 1.29 is 19.1 Å². The Hall–Kier alpha value is -3.41. The minimum absolute atomic E-state index is 0.334. The Kier molecular flexibility index (Phi) is 6.12. The van der Waals surface area contributed by atoms with Gasteiger partial charge in [0.1, 0.15) is 5.75 Å². The SMILES string of the molecule is COc1ccc(CNC(=O)[C@H](C)OC(=O)c2c(C)nc3ccccc3c2C)cc1. The van der Waals surface area contributed by atoms with Crippen LogP contribution in [0.15, 0.2) is 48.5 Å². The van der Waals surface area contributed by atoms with Gasteiger partial charge in [-0.3, -0.25) is 9.78 Å². The number of fused-ring (bicyclic) bond motifs is 1. The van der Waals surface area contributed by atoms with E-state index in [0.717, 1.165) is 27.8 Å². The van der Waals surface area contributed by atoms with Crippen molar-refractivity contribution in [3.8, 4) is 5.75 Å². The van der Waals surface area contributed by atoms with Crippen LogP contribution < -0.4 is 10.1 Å². The van der Waals surface area contributed by atoms with Gasteiger partial charge < -0.3 is 14.8 Å². The minimum atomic E-state index is -0.925. The number of methoxy groups -OCH3 is 1. The van der Waals surface area contributed by atoms with E-state index in [-0.39, 0.29) is 5.91 Å². The van der Waals surface area contributed by atoms with Gasteiger partial charge in [-0.05, 0) is 50.1 Å². The molecule has 3 aromatic rings. The normalized spacial score (nSPS) is 11.7. The molecule has 1 N–H and O–H groups in total. The number of nitrogens with zero attached hydrogens (tertiary/aromatic N) is 1. The standard InChI is InChI=1S/C23H24N2O4/c1-14-19-7-5-6-8-20(19)25-15(2)21(14)23(27)29-16(3)22(26)24-13-17-9-11-18(28-4)12-10-17/h5-12,16H,13H2,1-4H3,(H,24,26)/t16-/m0/s1. The van der Waals surface area contributed by atoms with Crippen LogP contribution in [0, 0.1) is 13.8 Å². The van der Waals surface area contributed by atoms with E-state index in [9.17, 15) is 9.59 Å². The fraction of sp³-hybridized carbons (Fsp3) is 0.261. The van der Waals surface area contributed by atoms with Crippen molar-refractivity contribution in [3.63, 3.8) is 0 Å². The largest absolute Gasteiger partial charge is 0.497 e. The van der Waals surface area contributed by atoms with Crippen LogP contribution in [0.5, 0.6) is 5.75 Å². The molecule has 0 radical (unpaired) electrons. The summed E-state index contributed by atoms with van der Waals surface area (Å²) in [5.74, 6) is -0.166. The second-order valence-corrected chi connectivity index (χ2v) is 6.83. The van der Waals surface area contributed by atoms with E-state index in [2.05, 4.69) is 10.3 Å². The van der Waals surface area contributed by atoms with Crippen molar-refractivity contribution in [2.75, 3.05) is 7.11 Å². The highest BCUT2D eigenvalue weighted by Gasteiger charge is 2.23. The van der Waals surface area contributed by atoms with Gasteiger partial charge >= 0.3 is 5.97 Å². The molecule has 6 heteroatoms. The van der Waals surface area contributed by atoms with Crippen LogP contribution in [0.4, 0.5) is 0 Å². The van der Waals surface area contributed by atoms with Gasteiger partial charge in [-0.25, -0.2) is 4.79 Å². The lowest BCUT2D eigenvalue weighted by molar-refractivity contribution is -0.129. The molecule has 0 bridgehead atoms. The molecular formula is C23H24N2O4. The number of hydrogen-bond acceptors (Lipinski definition) is 5. The number of hydrogen-bond donors (Lipinski definition) is 1. The Balaban J connectivity index is 1.66. The van der Waals surface area contributed by atoms with Gasteiger partial charge in [0.2, 0.25) is 0 Å². The maximum Gasteiger partial charge on any atom is 0.341 e. The molecule has 1 atom stereocenters. The average Bonchev–Trinajstić information content (AvgIpc) is 2.72. The third kappa shape index (κ3) is 4.54. The molecule has 0 aliphatic rings. The molecule has 1 heterocycles. The van der Waals surface area contributed by atoms with E-state index in [1.165, 1.54) is 0 Å².